The molecule has 33 heavy (non-hydrogen) atoms. The van der Waals surface area contributed by atoms with Gasteiger partial charge in [-0.05, 0) is 31.0 Å². The number of fused-ring (bicyclic) bond motifs is 2. The summed E-state index contributed by atoms with van der Waals surface area (Å²) in [5, 5.41) is 1.48. The Morgan fingerprint density at radius 3 is 2.58 bits per heavy atom. The van der Waals surface area contributed by atoms with Gasteiger partial charge >= 0.3 is 0 Å². The fourth-order valence-corrected chi connectivity index (χ4v) is 6.46. The first-order valence-electron chi connectivity index (χ1n) is 11.7. The number of thiophene rings is 1. The number of carbonyl (C=O) groups is 2. The Morgan fingerprint density at radius 2 is 1.79 bits per heavy atom. The highest BCUT2D eigenvalue weighted by Crippen LogP contribution is 2.42. The van der Waals surface area contributed by atoms with Crippen molar-refractivity contribution in [1.82, 2.24) is 4.90 Å². The van der Waals surface area contributed by atoms with Crippen molar-refractivity contribution in [3.63, 3.8) is 0 Å². The van der Waals surface area contributed by atoms with E-state index in [4.69, 9.17) is 10.5 Å². The number of hydrogen-bond acceptors (Lipinski definition) is 6. The number of amides is 1. The lowest BCUT2D eigenvalue weighted by molar-refractivity contribution is -0.00558. The predicted molar refractivity (Wildman–Crippen MR) is 132 cm³/mol. The Bertz CT molecular complexity index is 1250. The van der Waals surface area contributed by atoms with Crippen LogP contribution in [0.25, 0.3) is 10.1 Å². The molecule has 0 atom stereocenters. The maximum absolute atomic E-state index is 13.4. The number of ether oxygens (including phenoxy) is 1. The molecule has 2 aromatic carbocycles. The third kappa shape index (κ3) is 3.46. The maximum atomic E-state index is 13.4. The third-order valence-corrected chi connectivity index (χ3v) is 8.34. The van der Waals surface area contributed by atoms with Crippen LogP contribution in [-0.4, -0.2) is 48.4 Å². The topological polar surface area (TPSA) is 75.9 Å². The second-order valence-corrected chi connectivity index (χ2v) is 10.5. The van der Waals surface area contributed by atoms with Crippen LogP contribution < -0.4 is 15.4 Å². The number of hydrogen-bond donors (Lipinski definition) is 1. The molecule has 0 radical (unpaired) electrons. The molecule has 4 heterocycles. The first kappa shape index (κ1) is 20.5. The van der Waals surface area contributed by atoms with Crippen molar-refractivity contribution in [2.24, 2.45) is 0 Å². The van der Waals surface area contributed by atoms with E-state index < -0.39 is 5.60 Å². The largest absolute Gasteiger partial charge is 0.486 e. The van der Waals surface area contributed by atoms with E-state index in [2.05, 4.69) is 4.90 Å². The van der Waals surface area contributed by atoms with Crippen molar-refractivity contribution in [3.8, 4) is 5.75 Å². The second kappa shape index (κ2) is 7.76. The van der Waals surface area contributed by atoms with Crippen molar-refractivity contribution in [1.29, 1.82) is 0 Å². The highest BCUT2D eigenvalue weighted by atomic mass is 32.1. The molecule has 1 amide bonds. The van der Waals surface area contributed by atoms with Crippen LogP contribution in [0.3, 0.4) is 0 Å². The van der Waals surface area contributed by atoms with E-state index in [0.717, 1.165) is 28.9 Å². The molecule has 7 heteroatoms. The van der Waals surface area contributed by atoms with Crippen molar-refractivity contribution in [2.45, 2.75) is 37.7 Å². The molecule has 2 N–H and O–H groups in total. The molecule has 6 nitrogen and oxygen atoms in total. The summed E-state index contributed by atoms with van der Waals surface area (Å²) in [7, 11) is 0. The molecule has 3 aliphatic heterocycles. The zero-order valence-electron chi connectivity index (χ0n) is 18.5. The summed E-state index contributed by atoms with van der Waals surface area (Å²) in [6.07, 6.45) is 4.05. The maximum Gasteiger partial charge on any atom is 0.257 e. The number of ketones is 1. The fourth-order valence-electron chi connectivity index (χ4n) is 5.49. The Morgan fingerprint density at radius 1 is 1.03 bits per heavy atom. The van der Waals surface area contributed by atoms with Crippen LogP contribution in [0, 0.1) is 0 Å². The summed E-state index contributed by atoms with van der Waals surface area (Å²) in [5.74, 6) is 0.805. The third-order valence-electron chi connectivity index (χ3n) is 7.34. The monoisotopic (exact) mass is 461 g/mol. The van der Waals surface area contributed by atoms with Gasteiger partial charge in [-0.2, -0.15) is 0 Å². The Hall–Kier alpha value is -3.06. The van der Waals surface area contributed by atoms with Crippen LogP contribution in [0.15, 0.2) is 42.5 Å². The number of nitrogens with two attached hydrogens (primary N) is 1. The zero-order chi connectivity index (χ0) is 22.6. The van der Waals surface area contributed by atoms with Gasteiger partial charge in [0, 0.05) is 60.9 Å². The van der Waals surface area contributed by atoms with Crippen molar-refractivity contribution in [2.75, 3.05) is 36.8 Å². The molecule has 0 saturated carbocycles. The molecular weight excluding hydrogens is 434 g/mol. The van der Waals surface area contributed by atoms with Gasteiger partial charge in [0.15, 0.2) is 5.78 Å². The molecule has 1 spiro atoms. The number of rotatable bonds is 2. The normalized spacial score (nSPS) is 19.7. The number of Topliss-reactive ketones (excluding diaryl/α,β-unsaturated/α-hetero) is 1. The van der Waals surface area contributed by atoms with Gasteiger partial charge in [-0.25, -0.2) is 0 Å². The summed E-state index contributed by atoms with van der Waals surface area (Å²) in [6, 6.07) is 13.8. The minimum absolute atomic E-state index is 0.0290. The first-order chi connectivity index (χ1) is 16.0. The highest BCUT2D eigenvalue weighted by molar-refractivity contribution is 7.23. The molecule has 0 aliphatic carbocycles. The van der Waals surface area contributed by atoms with Crippen molar-refractivity contribution in [3.05, 3.63) is 53.6 Å². The number of nitrogen functional groups attached to an aromatic ring is 1. The first-order valence-corrected chi connectivity index (χ1v) is 12.5. The highest BCUT2D eigenvalue weighted by Gasteiger charge is 2.44. The van der Waals surface area contributed by atoms with Crippen LogP contribution >= 0.6 is 11.3 Å². The molecular formula is C26H27N3O3S. The van der Waals surface area contributed by atoms with Gasteiger partial charge in [0.1, 0.15) is 11.4 Å². The van der Waals surface area contributed by atoms with Gasteiger partial charge in [0.2, 0.25) is 0 Å². The van der Waals surface area contributed by atoms with Crippen LogP contribution in [0.4, 0.5) is 10.7 Å². The lowest BCUT2D eigenvalue weighted by Crippen LogP contribution is -2.52. The van der Waals surface area contributed by atoms with Gasteiger partial charge < -0.3 is 20.3 Å². The van der Waals surface area contributed by atoms with Crippen molar-refractivity contribution < 1.29 is 14.3 Å². The summed E-state index contributed by atoms with van der Waals surface area (Å²) >= 11 is 1.45. The Labute approximate surface area is 196 Å². The minimum Gasteiger partial charge on any atom is -0.486 e. The van der Waals surface area contributed by atoms with Gasteiger partial charge in [-0.15, -0.1) is 11.3 Å². The SMILES string of the molecule is Nc1sc2ccccc2c1C(=O)N1CCC2(CC1)CC(=O)c1ccc(N3CCCC3)cc1O2. The van der Waals surface area contributed by atoms with Gasteiger partial charge in [0.25, 0.3) is 5.91 Å². The van der Waals surface area contributed by atoms with Crippen LogP contribution in [0.1, 0.15) is 52.8 Å². The molecule has 6 rings (SSSR count). The van der Waals surface area contributed by atoms with E-state index in [-0.39, 0.29) is 11.7 Å². The summed E-state index contributed by atoms with van der Waals surface area (Å²) in [4.78, 5) is 30.6. The van der Waals surface area contributed by atoms with E-state index in [1.807, 2.05) is 47.4 Å². The second-order valence-electron chi connectivity index (χ2n) is 9.39. The number of carbonyl (C=O) groups excluding carboxylic acids is 2. The fraction of sp³-hybridized carbons (Fsp3) is 0.385. The van der Waals surface area contributed by atoms with Crippen LogP contribution in [-0.2, 0) is 0 Å². The smallest absolute Gasteiger partial charge is 0.257 e. The van der Waals surface area contributed by atoms with Gasteiger partial charge in [0.05, 0.1) is 22.5 Å². The average Bonchev–Trinajstić information content (AvgIpc) is 3.46. The van der Waals surface area contributed by atoms with Gasteiger partial charge in [-0.3, -0.25) is 9.59 Å². The number of nitrogens with zero attached hydrogens (tertiary/aromatic N) is 2. The van der Waals surface area contributed by atoms with Crippen LogP contribution in [0.2, 0.25) is 0 Å². The van der Waals surface area contributed by atoms with E-state index in [9.17, 15) is 9.59 Å². The summed E-state index contributed by atoms with van der Waals surface area (Å²) < 4.78 is 7.56. The summed E-state index contributed by atoms with van der Waals surface area (Å²) in [6.45, 7) is 3.21. The standard InChI is InChI=1S/C26H27N3O3S/c27-24-23(19-5-1-2-6-22(19)33-24)25(31)29-13-9-26(10-14-29)16-20(30)18-8-7-17(15-21(18)32-26)28-11-3-4-12-28/h1-2,5-8,15H,3-4,9-14,16,27H2. The molecule has 2 saturated heterocycles. The molecule has 1 aromatic heterocycles. The lowest BCUT2D eigenvalue weighted by Gasteiger charge is -2.44. The quantitative estimate of drug-likeness (QED) is 0.597. The minimum atomic E-state index is -0.535. The molecule has 3 aromatic rings. The molecule has 0 unspecified atom stereocenters. The Balaban J connectivity index is 1.21. The number of anilines is 2. The van der Waals surface area contributed by atoms with Crippen LogP contribution in [0.5, 0.6) is 5.75 Å². The lowest BCUT2D eigenvalue weighted by atomic mass is 9.82. The van der Waals surface area contributed by atoms with Gasteiger partial charge in [-0.1, -0.05) is 18.2 Å². The molecule has 3 aliphatic rings. The average molecular weight is 462 g/mol. The van der Waals surface area contributed by atoms with E-state index in [0.29, 0.717) is 54.2 Å². The number of likely N-dealkylation sites (tertiary alicyclic amines) is 1. The predicted octanol–water partition coefficient (Wildman–Crippen LogP) is 4.72. The van der Waals surface area contributed by atoms with E-state index in [1.165, 1.54) is 24.2 Å². The number of piperidine rings is 1. The van der Waals surface area contributed by atoms with E-state index in [1.54, 1.807) is 0 Å². The molecule has 2 fully saturated rings. The molecule has 170 valence electrons. The summed E-state index contributed by atoms with van der Waals surface area (Å²) in [5.41, 5.74) is 8.11. The Kier molecular flexibility index (Phi) is 4.83. The van der Waals surface area contributed by atoms with Crippen molar-refractivity contribution >= 4 is 43.8 Å². The van der Waals surface area contributed by atoms with E-state index >= 15 is 0 Å². The zero-order valence-corrected chi connectivity index (χ0v) is 19.3. The molecule has 0 bridgehead atoms. The number of benzene rings is 2.